The van der Waals surface area contributed by atoms with Gasteiger partial charge in [0, 0.05) is 0 Å². The number of hydrogen-bond donors (Lipinski definition) is 2. The van der Waals surface area contributed by atoms with Crippen molar-refractivity contribution in [3.05, 3.63) is 17.7 Å². The van der Waals surface area contributed by atoms with E-state index in [1.54, 1.807) is 0 Å². The van der Waals surface area contributed by atoms with Gasteiger partial charge in [0.2, 0.25) is 0 Å². The molecule has 0 saturated heterocycles. The van der Waals surface area contributed by atoms with E-state index in [0.29, 0.717) is 11.4 Å². The van der Waals surface area contributed by atoms with Crippen molar-refractivity contribution >= 4 is 44.9 Å². The molecule has 0 fully saturated rings. The largest absolute Gasteiger partial charge is 0.375 e. The standard InChI is InChI=1S/C11H12N4OS/c1-2-7-8(15-13-5-6-16)3-4-9-10(7)17-11(12)14-9/h3-6,15H,2H2,1H3,(H2,12,14)/b13-5+. The van der Waals surface area contributed by atoms with Crippen molar-refractivity contribution < 1.29 is 4.79 Å². The summed E-state index contributed by atoms with van der Waals surface area (Å²) in [7, 11) is 0. The van der Waals surface area contributed by atoms with Gasteiger partial charge in [0.25, 0.3) is 0 Å². The molecule has 2 rings (SSSR count). The third kappa shape index (κ3) is 2.26. The summed E-state index contributed by atoms with van der Waals surface area (Å²) in [6.45, 7) is 2.05. The van der Waals surface area contributed by atoms with Gasteiger partial charge >= 0.3 is 0 Å². The minimum Gasteiger partial charge on any atom is -0.375 e. The number of carbonyl (C=O) groups is 1. The van der Waals surface area contributed by atoms with E-state index < -0.39 is 0 Å². The second kappa shape index (κ2) is 4.92. The van der Waals surface area contributed by atoms with Crippen LogP contribution in [0.15, 0.2) is 17.2 Å². The molecule has 17 heavy (non-hydrogen) atoms. The zero-order valence-corrected chi connectivity index (χ0v) is 10.1. The third-order valence-electron chi connectivity index (χ3n) is 2.35. The van der Waals surface area contributed by atoms with Gasteiger partial charge < -0.3 is 5.73 Å². The van der Waals surface area contributed by atoms with Crippen LogP contribution in [-0.2, 0) is 11.2 Å². The highest BCUT2D eigenvalue weighted by atomic mass is 32.1. The maximum absolute atomic E-state index is 10.2. The van der Waals surface area contributed by atoms with E-state index in [1.165, 1.54) is 17.6 Å². The molecule has 1 aromatic carbocycles. The fraction of sp³-hybridized carbons (Fsp3) is 0.182. The second-order valence-electron chi connectivity index (χ2n) is 3.37. The Balaban J connectivity index is 2.48. The fourth-order valence-corrected chi connectivity index (χ4v) is 2.61. The van der Waals surface area contributed by atoms with Crippen LogP contribution in [0.1, 0.15) is 12.5 Å². The van der Waals surface area contributed by atoms with E-state index in [0.717, 1.165) is 27.9 Å². The quantitative estimate of drug-likeness (QED) is 0.493. The molecule has 0 atom stereocenters. The van der Waals surface area contributed by atoms with Gasteiger partial charge in [-0.1, -0.05) is 18.3 Å². The van der Waals surface area contributed by atoms with Crippen LogP contribution in [0, 0.1) is 0 Å². The second-order valence-corrected chi connectivity index (χ2v) is 4.40. The van der Waals surface area contributed by atoms with Crippen LogP contribution in [0.3, 0.4) is 0 Å². The molecule has 88 valence electrons. The number of nitrogens with zero attached hydrogens (tertiary/aromatic N) is 2. The lowest BCUT2D eigenvalue weighted by atomic mass is 10.1. The number of benzene rings is 1. The number of aldehydes is 1. The lowest BCUT2D eigenvalue weighted by Crippen LogP contribution is -1.95. The number of aromatic nitrogens is 1. The molecule has 1 aromatic heterocycles. The summed E-state index contributed by atoms with van der Waals surface area (Å²) in [6, 6.07) is 3.78. The van der Waals surface area contributed by atoms with E-state index in [4.69, 9.17) is 5.73 Å². The van der Waals surface area contributed by atoms with Crippen molar-refractivity contribution in [3.8, 4) is 0 Å². The fourth-order valence-electron chi connectivity index (χ4n) is 1.66. The van der Waals surface area contributed by atoms with Crippen LogP contribution in [0.25, 0.3) is 10.2 Å². The number of fused-ring (bicyclic) bond motifs is 1. The Morgan fingerprint density at radius 2 is 2.41 bits per heavy atom. The van der Waals surface area contributed by atoms with Crippen molar-refractivity contribution in [2.45, 2.75) is 13.3 Å². The van der Waals surface area contributed by atoms with Crippen LogP contribution >= 0.6 is 11.3 Å². The average Bonchev–Trinajstić information content (AvgIpc) is 2.69. The van der Waals surface area contributed by atoms with Crippen molar-refractivity contribution in [1.82, 2.24) is 4.98 Å². The van der Waals surface area contributed by atoms with E-state index in [1.807, 2.05) is 12.1 Å². The van der Waals surface area contributed by atoms with Gasteiger partial charge in [-0.2, -0.15) is 5.10 Å². The number of hydrogen-bond acceptors (Lipinski definition) is 6. The van der Waals surface area contributed by atoms with Gasteiger partial charge in [-0.25, -0.2) is 4.98 Å². The van der Waals surface area contributed by atoms with Crippen LogP contribution in [0.5, 0.6) is 0 Å². The van der Waals surface area contributed by atoms with Crippen LogP contribution in [0.2, 0.25) is 0 Å². The molecule has 0 aliphatic rings. The topological polar surface area (TPSA) is 80.4 Å². The van der Waals surface area contributed by atoms with Gasteiger partial charge in [-0.05, 0) is 24.1 Å². The van der Waals surface area contributed by atoms with Crippen molar-refractivity contribution in [3.63, 3.8) is 0 Å². The predicted molar refractivity (Wildman–Crippen MR) is 71.6 cm³/mol. The van der Waals surface area contributed by atoms with Crippen LogP contribution in [-0.4, -0.2) is 17.5 Å². The number of anilines is 2. The van der Waals surface area contributed by atoms with Crippen molar-refractivity contribution in [2.24, 2.45) is 5.10 Å². The Hall–Kier alpha value is -1.95. The highest BCUT2D eigenvalue weighted by Crippen LogP contribution is 2.32. The number of aryl methyl sites for hydroxylation is 1. The highest BCUT2D eigenvalue weighted by Gasteiger charge is 2.09. The Kier molecular flexibility index (Phi) is 3.34. The molecule has 0 bridgehead atoms. The Morgan fingerprint density at radius 3 is 3.12 bits per heavy atom. The van der Waals surface area contributed by atoms with Gasteiger partial charge in [0.15, 0.2) is 11.4 Å². The number of hydrazone groups is 1. The molecule has 2 aromatic rings. The minimum atomic E-state index is 0.559. The molecule has 0 aliphatic heterocycles. The maximum atomic E-state index is 10.2. The molecule has 3 N–H and O–H groups in total. The summed E-state index contributed by atoms with van der Waals surface area (Å²) >= 11 is 1.46. The number of thiazole rings is 1. The SMILES string of the molecule is CCc1c(N/N=C/C=O)ccc2nc(N)sc12. The summed E-state index contributed by atoms with van der Waals surface area (Å²) in [5.74, 6) is 0. The zero-order chi connectivity index (χ0) is 12.3. The summed E-state index contributed by atoms with van der Waals surface area (Å²) in [4.78, 5) is 14.4. The van der Waals surface area contributed by atoms with Gasteiger partial charge in [-0.15, -0.1) is 0 Å². The molecular formula is C11H12N4OS. The maximum Gasteiger partial charge on any atom is 0.181 e. The Morgan fingerprint density at radius 1 is 1.59 bits per heavy atom. The Labute approximate surface area is 102 Å². The van der Waals surface area contributed by atoms with Crippen LogP contribution < -0.4 is 11.2 Å². The van der Waals surface area contributed by atoms with E-state index in [9.17, 15) is 4.79 Å². The van der Waals surface area contributed by atoms with E-state index in [-0.39, 0.29) is 0 Å². The van der Waals surface area contributed by atoms with Crippen molar-refractivity contribution in [1.29, 1.82) is 0 Å². The van der Waals surface area contributed by atoms with Gasteiger partial charge in [0.1, 0.15) is 0 Å². The zero-order valence-electron chi connectivity index (χ0n) is 9.30. The molecule has 6 heteroatoms. The molecule has 0 aliphatic carbocycles. The van der Waals surface area contributed by atoms with Gasteiger partial charge in [0.05, 0.1) is 22.1 Å². The first kappa shape index (κ1) is 11.5. The smallest absolute Gasteiger partial charge is 0.181 e. The first-order chi connectivity index (χ1) is 8.26. The Bertz CT molecular complexity index is 576. The third-order valence-corrected chi connectivity index (χ3v) is 3.31. The molecule has 1 heterocycles. The molecule has 0 radical (unpaired) electrons. The summed E-state index contributed by atoms with van der Waals surface area (Å²) in [5, 5.41) is 4.35. The molecule has 0 spiro atoms. The lowest BCUT2D eigenvalue weighted by molar-refractivity contribution is -0.102. The first-order valence-corrected chi connectivity index (χ1v) is 5.98. The average molecular weight is 248 g/mol. The molecular weight excluding hydrogens is 236 g/mol. The van der Waals surface area contributed by atoms with Crippen molar-refractivity contribution in [2.75, 3.05) is 11.2 Å². The number of carbonyl (C=O) groups excluding carboxylic acids is 1. The number of nitrogen functional groups attached to an aromatic ring is 1. The monoisotopic (exact) mass is 248 g/mol. The number of nitrogens with two attached hydrogens (primary N) is 1. The molecule has 0 unspecified atom stereocenters. The molecule has 5 nitrogen and oxygen atoms in total. The first-order valence-electron chi connectivity index (χ1n) is 5.17. The number of rotatable bonds is 4. The molecule has 0 amide bonds. The number of nitrogens with one attached hydrogen (secondary N) is 1. The van der Waals surface area contributed by atoms with E-state index >= 15 is 0 Å². The summed E-state index contributed by atoms with van der Waals surface area (Å²) in [6.07, 6.45) is 2.64. The van der Waals surface area contributed by atoms with Gasteiger partial charge in [-0.3, -0.25) is 10.2 Å². The normalized spacial score (nSPS) is 11.1. The highest BCUT2D eigenvalue weighted by molar-refractivity contribution is 7.22. The summed E-state index contributed by atoms with van der Waals surface area (Å²) < 4.78 is 1.07. The minimum absolute atomic E-state index is 0.559. The molecule has 0 saturated carbocycles. The summed E-state index contributed by atoms with van der Waals surface area (Å²) in [5.41, 5.74) is 11.4. The predicted octanol–water partition coefficient (Wildman–Crippen LogP) is 2.04. The van der Waals surface area contributed by atoms with E-state index in [2.05, 4.69) is 22.4 Å². The lowest BCUT2D eigenvalue weighted by Gasteiger charge is -2.06. The van der Waals surface area contributed by atoms with Crippen LogP contribution in [0.4, 0.5) is 10.8 Å².